The molecule has 2 aromatic carbocycles. The number of methoxy groups -OCH3 is 2. The van der Waals surface area contributed by atoms with Crippen LogP contribution in [-0.2, 0) is 4.43 Å². The van der Waals surface area contributed by atoms with E-state index in [2.05, 4.69) is 33.9 Å². The standard InChI is InChI=1S/C33H45NO8SSi/c1-21(2)40-27-19-26-29(31(38-7)30(27)37-6)25(35)18-28(42-26)43-24-15-13-23(14-16-24)41-32(36)34-17-11-10-12-22(34)20-39-44(8,9)33(3,4)5/h13-16,18-19,21-22H,10-12,17,20H2,1-9H3. The second kappa shape index (κ2) is 13.9. The molecule has 1 unspecified atom stereocenters. The van der Waals surface area contributed by atoms with Gasteiger partial charge in [-0.3, -0.25) is 4.79 Å². The lowest BCUT2D eigenvalue weighted by atomic mass is 10.0. The van der Waals surface area contributed by atoms with Crippen LogP contribution in [0.4, 0.5) is 4.79 Å². The highest BCUT2D eigenvalue weighted by Crippen LogP contribution is 2.44. The van der Waals surface area contributed by atoms with Crippen molar-refractivity contribution < 1.29 is 32.6 Å². The van der Waals surface area contributed by atoms with Crippen molar-refractivity contribution in [3.8, 4) is 23.0 Å². The quantitative estimate of drug-likeness (QED) is 0.203. The van der Waals surface area contributed by atoms with E-state index in [1.165, 1.54) is 32.0 Å². The van der Waals surface area contributed by atoms with Crippen LogP contribution >= 0.6 is 11.8 Å². The summed E-state index contributed by atoms with van der Waals surface area (Å²) in [6.45, 7) is 16.1. The lowest BCUT2D eigenvalue weighted by Crippen LogP contribution is -2.50. The molecule has 1 aliphatic heterocycles. The maximum Gasteiger partial charge on any atom is 0.415 e. The Hall–Kier alpha value is -3.15. The van der Waals surface area contributed by atoms with Crippen molar-refractivity contribution in [3.63, 3.8) is 0 Å². The molecule has 1 fully saturated rings. The van der Waals surface area contributed by atoms with E-state index in [0.29, 0.717) is 41.1 Å². The maximum atomic E-state index is 13.2. The van der Waals surface area contributed by atoms with E-state index in [9.17, 15) is 9.59 Å². The summed E-state index contributed by atoms with van der Waals surface area (Å²) in [6.07, 6.45) is 2.43. The number of hydrogen-bond acceptors (Lipinski definition) is 9. The van der Waals surface area contributed by atoms with Gasteiger partial charge in [0, 0.05) is 23.6 Å². The van der Waals surface area contributed by atoms with Crippen molar-refractivity contribution >= 4 is 37.1 Å². The predicted octanol–water partition coefficient (Wildman–Crippen LogP) is 8.12. The molecule has 2 heterocycles. The van der Waals surface area contributed by atoms with Crippen molar-refractivity contribution in [3.05, 3.63) is 46.6 Å². The van der Waals surface area contributed by atoms with Crippen LogP contribution in [0.1, 0.15) is 53.9 Å². The fraction of sp³-hybridized carbons (Fsp3) is 0.515. The Morgan fingerprint density at radius 3 is 2.36 bits per heavy atom. The molecule has 1 amide bonds. The Bertz CT molecular complexity index is 1510. The molecule has 1 aliphatic rings. The summed E-state index contributed by atoms with van der Waals surface area (Å²) < 4.78 is 35.3. The Labute approximate surface area is 265 Å². The summed E-state index contributed by atoms with van der Waals surface area (Å²) in [6, 6.07) is 10.2. The van der Waals surface area contributed by atoms with E-state index in [4.69, 9.17) is 27.8 Å². The fourth-order valence-electron chi connectivity index (χ4n) is 4.79. The molecule has 0 N–H and O–H groups in total. The average molecular weight is 644 g/mol. The molecule has 0 aliphatic carbocycles. The smallest absolute Gasteiger partial charge is 0.415 e. The molecule has 44 heavy (non-hydrogen) atoms. The molecule has 1 saturated heterocycles. The highest BCUT2D eigenvalue weighted by atomic mass is 32.2. The van der Waals surface area contributed by atoms with Gasteiger partial charge in [0.05, 0.1) is 33.0 Å². The highest BCUT2D eigenvalue weighted by Gasteiger charge is 2.39. The van der Waals surface area contributed by atoms with Gasteiger partial charge in [-0.25, -0.2) is 4.79 Å². The Morgan fingerprint density at radius 2 is 1.75 bits per heavy atom. The van der Waals surface area contributed by atoms with Gasteiger partial charge in [-0.05, 0) is 75.5 Å². The Morgan fingerprint density at radius 1 is 1.07 bits per heavy atom. The van der Waals surface area contributed by atoms with Crippen LogP contribution in [0.25, 0.3) is 11.0 Å². The third-order valence-corrected chi connectivity index (χ3v) is 13.6. The molecule has 4 rings (SSSR count). The largest absolute Gasteiger partial charge is 0.492 e. The molecular weight excluding hydrogens is 599 g/mol. The van der Waals surface area contributed by atoms with Crippen molar-refractivity contribution in [2.75, 3.05) is 27.4 Å². The number of carbonyl (C=O) groups is 1. The third-order valence-electron chi connectivity index (χ3n) is 8.19. The van der Waals surface area contributed by atoms with E-state index in [1.54, 1.807) is 18.2 Å². The first kappa shape index (κ1) is 33.7. The lowest BCUT2D eigenvalue weighted by Gasteiger charge is -2.40. The zero-order chi connectivity index (χ0) is 32.2. The molecule has 240 valence electrons. The van der Waals surface area contributed by atoms with Crippen LogP contribution in [-0.4, -0.2) is 58.8 Å². The number of piperidine rings is 1. The van der Waals surface area contributed by atoms with Gasteiger partial charge < -0.3 is 32.7 Å². The zero-order valence-electron chi connectivity index (χ0n) is 27.3. The summed E-state index contributed by atoms with van der Waals surface area (Å²) in [5.74, 6) is 1.47. The van der Waals surface area contributed by atoms with Crippen LogP contribution in [0, 0.1) is 0 Å². The normalized spacial score (nSPS) is 15.9. The van der Waals surface area contributed by atoms with Gasteiger partial charge in [-0.15, -0.1) is 0 Å². The van der Waals surface area contributed by atoms with Gasteiger partial charge >= 0.3 is 6.09 Å². The lowest BCUT2D eigenvalue weighted by molar-refractivity contribution is 0.0850. The topological polar surface area (TPSA) is 96.7 Å². The molecule has 0 saturated carbocycles. The van der Waals surface area contributed by atoms with Gasteiger partial charge in [0.15, 0.2) is 30.3 Å². The summed E-state index contributed by atoms with van der Waals surface area (Å²) in [4.78, 5) is 29.0. The van der Waals surface area contributed by atoms with E-state index < -0.39 is 8.32 Å². The molecule has 0 bridgehead atoms. The molecule has 1 atom stereocenters. The number of nitrogens with zero attached hydrogens (tertiary/aromatic N) is 1. The number of likely N-dealkylation sites (tertiary alicyclic amines) is 1. The number of carbonyl (C=O) groups excluding carboxylic acids is 1. The molecule has 9 nitrogen and oxygen atoms in total. The van der Waals surface area contributed by atoms with Gasteiger partial charge in [0.1, 0.15) is 16.7 Å². The minimum atomic E-state index is -1.93. The summed E-state index contributed by atoms with van der Waals surface area (Å²) >= 11 is 1.28. The van der Waals surface area contributed by atoms with Crippen molar-refractivity contribution in [1.82, 2.24) is 4.90 Å². The van der Waals surface area contributed by atoms with Crippen molar-refractivity contribution in [2.45, 2.75) is 94.1 Å². The predicted molar refractivity (Wildman–Crippen MR) is 175 cm³/mol. The van der Waals surface area contributed by atoms with Crippen LogP contribution in [0.2, 0.25) is 18.1 Å². The minimum Gasteiger partial charge on any atom is -0.492 e. The van der Waals surface area contributed by atoms with E-state index in [-0.39, 0.29) is 39.8 Å². The maximum absolute atomic E-state index is 13.2. The van der Waals surface area contributed by atoms with Gasteiger partial charge in [-0.2, -0.15) is 0 Å². The molecule has 0 radical (unpaired) electrons. The number of ether oxygens (including phenoxy) is 4. The fourth-order valence-corrected chi connectivity index (χ4v) is 6.64. The minimum absolute atomic E-state index is 0.000974. The van der Waals surface area contributed by atoms with E-state index >= 15 is 0 Å². The monoisotopic (exact) mass is 643 g/mol. The highest BCUT2D eigenvalue weighted by molar-refractivity contribution is 7.99. The number of amides is 1. The number of rotatable bonds is 10. The zero-order valence-corrected chi connectivity index (χ0v) is 29.1. The SMILES string of the molecule is COc1c(OC(C)C)cc2oc(Sc3ccc(OC(=O)N4CCCCC4CO[Si](C)(C)C(C)(C)C)cc3)cc(=O)c2c1OC. The summed E-state index contributed by atoms with van der Waals surface area (Å²) in [5.41, 5.74) is 0.0617. The van der Waals surface area contributed by atoms with Crippen molar-refractivity contribution in [1.29, 1.82) is 0 Å². The second-order valence-electron chi connectivity index (χ2n) is 12.8. The van der Waals surface area contributed by atoms with E-state index in [1.807, 2.05) is 30.9 Å². The molecule has 3 aromatic rings. The molecule has 1 aromatic heterocycles. The molecule has 0 spiro atoms. The first-order valence-electron chi connectivity index (χ1n) is 15.0. The van der Waals surface area contributed by atoms with Crippen LogP contribution in [0.5, 0.6) is 23.0 Å². The van der Waals surface area contributed by atoms with E-state index in [0.717, 1.165) is 24.2 Å². The molecular formula is C33H45NO8SSi. The first-order chi connectivity index (χ1) is 20.7. The second-order valence-corrected chi connectivity index (χ2v) is 18.7. The Kier molecular flexibility index (Phi) is 10.6. The number of fused-ring (bicyclic) bond motifs is 1. The Balaban J connectivity index is 1.47. The summed E-state index contributed by atoms with van der Waals surface area (Å²) in [7, 11) is 1.04. The van der Waals surface area contributed by atoms with Crippen LogP contribution in [0.15, 0.2) is 55.6 Å². The van der Waals surface area contributed by atoms with Crippen LogP contribution < -0.4 is 24.4 Å². The van der Waals surface area contributed by atoms with Crippen LogP contribution in [0.3, 0.4) is 0 Å². The first-order valence-corrected chi connectivity index (χ1v) is 18.8. The number of benzene rings is 2. The van der Waals surface area contributed by atoms with Crippen molar-refractivity contribution in [2.24, 2.45) is 0 Å². The summed E-state index contributed by atoms with van der Waals surface area (Å²) in [5, 5.41) is 0.777. The molecule has 11 heteroatoms. The van der Waals surface area contributed by atoms with Gasteiger partial charge in [0.2, 0.25) is 5.75 Å². The average Bonchev–Trinajstić information content (AvgIpc) is 2.95. The van der Waals surface area contributed by atoms with Gasteiger partial charge in [-0.1, -0.05) is 32.5 Å². The number of hydrogen-bond donors (Lipinski definition) is 0. The third kappa shape index (κ3) is 7.73. The van der Waals surface area contributed by atoms with Gasteiger partial charge in [0.25, 0.3) is 0 Å².